The first-order valence-electron chi connectivity index (χ1n) is 14.0. The maximum absolute atomic E-state index is 12.8. The minimum Gasteiger partial charge on any atom is -0.493 e. The van der Waals surface area contributed by atoms with E-state index in [1.54, 1.807) is 28.4 Å². The van der Waals surface area contributed by atoms with E-state index in [0.717, 1.165) is 56.1 Å². The molecule has 222 valence electrons. The Balaban J connectivity index is 1.85. The number of hydrogen-bond acceptors (Lipinski definition) is 8. The molecule has 2 atom stereocenters. The summed E-state index contributed by atoms with van der Waals surface area (Å²) in [4.78, 5) is 12.8. The van der Waals surface area contributed by atoms with Crippen LogP contribution in [0.2, 0.25) is 0 Å². The molecule has 10 nitrogen and oxygen atoms in total. The first-order chi connectivity index (χ1) is 19.4. The molecule has 40 heavy (non-hydrogen) atoms. The van der Waals surface area contributed by atoms with Gasteiger partial charge in [0.15, 0.2) is 23.0 Å². The van der Waals surface area contributed by atoms with Crippen LogP contribution in [0.3, 0.4) is 0 Å². The monoisotopic (exact) mass is 560 g/mol. The van der Waals surface area contributed by atoms with E-state index in [9.17, 15) is 10.0 Å². The number of anilines is 1. The lowest BCUT2D eigenvalue weighted by atomic mass is 10.0. The zero-order valence-corrected chi connectivity index (χ0v) is 24.6. The Morgan fingerprint density at radius 3 is 1.95 bits per heavy atom. The van der Waals surface area contributed by atoms with E-state index in [1.165, 1.54) is 0 Å². The fraction of sp³-hybridized carbons (Fsp3) is 0.567. The first kappa shape index (κ1) is 31.2. The van der Waals surface area contributed by atoms with Crippen LogP contribution in [0.4, 0.5) is 10.5 Å². The second-order valence-corrected chi connectivity index (χ2v) is 9.71. The van der Waals surface area contributed by atoms with Crippen molar-refractivity contribution in [2.75, 3.05) is 46.9 Å². The third-order valence-corrected chi connectivity index (χ3v) is 6.90. The van der Waals surface area contributed by atoms with Crippen LogP contribution in [-0.2, 0) is 4.74 Å². The van der Waals surface area contributed by atoms with Gasteiger partial charge in [-0.2, -0.15) is 0 Å². The van der Waals surface area contributed by atoms with Crippen LogP contribution in [0.5, 0.6) is 28.7 Å². The molecule has 0 bridgehead atoms. The molecule has 2 aromatic carbocycles. The maximum Gasteiger partial charge on any atom is 0.345 e. The lowest BCUT2D eigenvalue weighted by Gasteiger charge is -2.22. The fourth-order valence-corrected chi connectivity index (χ4v) is 4.79. The number of urea groups is 1. The summed E-state index contributed by atoms with van der Waals surface area (Å²) in [6.07, 6.45) is 5.64. The molecule has 0 spiro atoms. The highest BCUT2D eigenvalue weighted by atomic mass is 16.5. The number of ether oxygens (including phenoxy) is 6. The molecule has 2 N–H and O–H groups in total. The molecule has 0 aliphatic carbocycles. The van der Waals surface area contributed by atoms with Gasteiger partial charge < -0.3 is 33.7 Å². The highest BCUT2D eigenvalue weighted by molar-refractivity contribution is 5.91. The summed E-state index contributed by atoms with van der Waals surface area (Å²) in [5.41, 5.74) is 2.16. The molecule has 1 aliphatic heterocycles. The third-order valence-electron chi connectivity index (χ3n) is 6.90. The molecule has 2 unspecified atom stereocenters. The zero-order valence-electron chi connectivity index (χ0n) is 24.6. The van der Waals surface area contributed by atoms with Gasteiger partial charge in [-0.25, -0.2) is 9.86 Å². The number of hydrogen-bond donors (Lipinski definition) is 2. The van der Waals surface area contributed by atoms with Gasteiger partial charge >= 0.3 is 6.03 Å². The molecule has 0 aromatic heterocycles. The molecule has 3 rings (SSSR count). The summed E-state index contributed by atoms with van der Waals surface area (Å²) < 4.78 is 34.6. The Hall–Kier alpha value is -3.37. The lowest BCUT2D eigenvalue weighted by molar-refractivity contribution is -0.0382. The summed E-state index contributed by atoms with van der Waals surface area (Å²) in [5.74, 6) is 2.56. The number of nitrogens with one attached hydrogen (secondary N) is 1. The highest BCUT2D eigenvalue weighted by Crippen LogP contribution is 2.48. The molecule has 10 heteroatoms. The summed E-state index contributed by atoms with van der Waals surface area (Å²) >= 11 is 0. The standard InChI is InChI=1S/C30H44N2O8/c1-7-9-10-11-14-32(34)30(33)31-22-16-20(17-25(35-3)28(22)39-15-8-2)23-12-13-24(40-23)21-18-26(36-4)29(38-6)27(19-21)37-5/h16-19,23-24,34H,7-15H2,1-6H3,(H,31,33). The van der Waals surface area contributed by atoms with E-state index < -0.39 is 6.03 Å². The van der Waals surface area contributed by atoms with Crippen molar-refractivity contribution in [1.29, 1.82) is 0 Å². The van der Waals surface area contributed by atoms with Crippen LogP contribution in [-0.4, -0.2) is 57.9 Å². The SMILES string of the molecule is CCCCCCN(O)C(=O)Nc1cc(C2CCC(c3cc(OC)c(OC)c(OC)c3)O2)cc(OC)c1OCCC. The van der Waals surface area contributed by atoms with Crippen molar-refractivity contribution in [3.05, 3.63) is 35.4 Å². The molecule has 2 amide bonds. The summed E-state index contributed by atoms with van der Waals surface area (Å²) in [7, 11) is 6.30. The average Bonchev–Trinajstić information content (AvgIpc) is 3.47. The van der Waals surface area contributed by atoms with E-state index in [4.69, 9.17) is 28.4 Å². The van der Waals surface area contributed by atoms with Gasteiger partial charge in [0, 0.05) is 0 Å². The van der Waals surface area contributed by atoms with Crippen LogP contribution in [0, 0.1) is 0 Å². The van der Waals surface area contributed by atoms with E-state index >= 15 is 0 Å². The number of amides is 2. The second kappa shape index (κ2) is 15.4. The van der Waals surface area contributed by atoms with Crippen molar-refractivity contribution in [3.8, 4) is 28.7 Å². The van der Waals surface area contributed by atoms with E-state index in [1.807, 2.05) is 31.2 Å². The van der Waals surface area contributed by atoms with Crippen LogP contribution < -0.4 is 29.0 Å². The van der Waals surface area contributed by atoms with Crippen molar-refractivity contribution in [2.24, 2.45) is 0 Å². The van der Waals surface area contributed by atoms with Crippen molar-refractivity contribution in [2.45, 2.75) is 71.0 Å². The lowest BCUT2D eigenvalue weighted by Crippen LogP contribution is -2.33. The third kappa shape index (κ3) is 7.63. The quantitative estimate of drug-likeness (QED) is 0.137. The molecular formula is C30H44N2O8. The first-order valence-corrected chi connectivity index (χ1v) is 14.0. The molecule has 1 aliphatic rings. The van der Waals surface area contributed by atoms with Gasteiger partial charge in [0.1, 0.15) is 0 Å². The number of carbonyl (C=O) groups excluding carboxylic acids is 1. The number of methoxy groups -OCH3 is 4. The molecule has 1 heterocycles. The number of nitrogens with zero attached hydrogens (tertiary/aromatic N) is 1. The minimum absolute atomic E-state index is 0.199. The largest absolute Gasteiger partial charge is 0.493 e. The van der Waals surface area contributed by atoms with Crippen LogP contribution in [0.15, 0.2) is 24.3 Å². The Labute approximate surface area is 237 Å². The van der Waals surface area contributed by atoms with Crippen LogP contribution in [0.25, 0.3) is 0 Å². The summed E-state index contributed by atoms with van der Waals surface area (Å²) in [5, 5.41) is 13.9. The molecule has 1 saturated heterocycles. The topological polar surface area (TPSA) is 108 Å². The normalized spacial score (nSPS) is 16.4. The van der Waals surface area contributed by atoms with Crippen molar-refractivity contribution in [3.63, 3.8) is 0 Å². The second-order valence-electron chi connectivity index (χ2n) is 9.71. The van der Waals surface area contributed by atoms with Crippen molar-refractivity contribution >= 4 is 11.7 Å². The zero-order chi connectivity index (χ0) is 29.1. The Morgan fingerprint density at radius 1 is 0.850 bits per heavy atom. The molecule has 0 radical (unpaired) electrons. The van der Waals surface area contributed by atoms with E-state index in [-0.39, 0.29) is 18.8 Å². The van der Waals surface area contributed by atoms with Gasteiger partial charge in [-0.1, -0.05) is 33.1 Å². The van der Waals surface area contributed by atoms with Crippen LogP contribution in [0.1, 0.15) is 82.1 Å². The number of carbonyl (C=O) groups is 1. The smallest absolute Gasteiger partial charge is 0.345 e. The van der Waals surface area contributed by atoms with Gasteiger partial charge in [-0.15, -0.1) is 0 Å². The predicted octanol–water partition coefficient (Wildman–Crippen LogP) is 6.91. The molecule has 0 saturated carbocycles. The van der Waals surface area contributed by atoms with Gasteiger partial charge in [-0.3, -0.25) is 5.21 Å². The van der Waals surface area contributed by atoms with Gasteiger partial charge in [-0.05, 0) is 61.1 Å². The Kier molecular flexibility index (Phi) is 12.0. The van der Waals surface area contributed by atoms with Gasteiger partial charge in [0.2, 0.25) is 5.75 Å². The van der Waals surface area contributed by atoms with Crippen molar-refractivity contribution in [1.82, 2.24) is 5.06 Å². The highest BCUT2D eigenvalue weighted by Gasteiger charge is 2.31. The van der Waals surface area contributed by atoms with Gasteiger partial charge in [0.05, 0.1) is 59.5 Å². The Bertz CT molecular complexity index is 1080. The molecular weight excluding hydrogens is 516 g/mol. The number of hydroxylamine groups is 2. The molecule has 2 aromatic rings. The van der Waals surface area contributed by atoms with Gasteiger partial charge in [0.25, 0.3) is 0 Å². The summed E-state index contributed by atoms with van der Waals surface area (Å²) in [6, 6.07) is 6.89. The van der Waals surface area contributed by atoms with Crippen molar-refractivity contribution < 1.29 is 38.4 Å². The van der Waals surface area contributed by atoms with E-state index in [2.05, 4.69) is 12.2 Å². The average molecular weight is 561 g/mol. The number of unbranched alkanes of at least 4 members (excludes halogenated alkanes) is 3. The minimum atomic E-state index is -0.625. The Morgan fingerprint density at radius 2 is 1.43 bits per heavy atom. The fourth-order valence-electron chi connectivity index (χ4n) is 4.79. The van der Waals surface area contributed by atoms with Crippen LogP contribution >= 0.6 is 0 Å². The number of benzene rings is 2. The number of rotatable bonds is 15. The maximum atomic E-state index is 12.8. The van der Waals surface area contributed by atoms with E-state index in [0.29, 0.717) is 46.1 Å². The molecule has 1 fully saturated rings. The summed E-state index contributed by atoms with van der Waals surface area (Å²) in [6.45, 7) is 4.81. The predicted molar refractivity (Wildman–Crippen MR) is 152 cm³/mol.